The van der Waals surface area contributed by atoms with Crippen molar-refractivity contribution in [3.63, 3.8) is 0 Å². The first-order valence-corrected chi connectivity index (χ1v) is 11.8. The molecule has 5 heterocycles. The fourth-order valence-electron chi connectivity index (χ4n) is 1.49. The second kappa shape index (κ2) is 16.7. The van der Waals surface area contributed by atoms with Crippen molar-refractivity contribution in [1.82, 2.24) is 39.9 Å². The van der Waals surface area contributed by atoms with Crippen molar-refractivity contribution in [3.05, 3.63) is 67.7 Å². The molecular formula is C19H20N10O2S3. The third kappa shape index (κ3) is 12.2. The van der Waals surface area contributed by atoms with E-state index >= 15 is 0 Å². The Kier molecular flexibility index (Phi) is 13.8. The van der Waals surface area contributed by atoms with Crippen LogP contribution in [-0.2, 0) is 0 Å². The van der Waals surface area contributed by atoms with Gasteiger partial charge < -0.3 is 8.94 Å². The highest BCUT2D eigenvalue weighted by atomic mass is 32.1. The molecule has 12 nitrogen and oxygen atoms in total. The van der Waals surface area contributed by atoms with Gasteiger partial charge in [-0.15, -0.1) is 43.1 Å². The highest BCUT2D eigenvalue weighted by Crippen LogP contribution is 2.08. The lowest BCUT2D eigenvalue weighted by molar-refractivity contribution is 0.412. The summed E-state index contributed by atoms with van der Waals surface area (Å²) in [6, 6.07) is 4.05. The Bertz CT molecular complexity index is 1110. The predicted octanol–water partition coefficient (Wildman–Crippen LogP) is 4.25. The van der Waals surface area contributed by atoms with Gasteiger partial charge in [-0.3, -0.25) is 0 Å². The van der Waals surface area contributed by atoms with Crippen LogP contribution < -0.4 is 0 Å². The number of aromatic nitrogens is 8. The molecule has 0 unspecified atom stereocenters. The number of aryl methyl sites for hydroxylation is 5. The third-order valence-electron chi connectivity index (χ3n) is 3.13. The molecule has 0 radical (unpaired) electrons. The maximum absolute atomic E-state index is 8.33. The highest BCUT2D eigenvalue weighted by molar-refractivity contribution is 7.10. The molecule has 0 aliphatic carbocycles. The molecule has 0 N–H and O–H groups in total. The Hall–Kier alpha value is -3.92. The minimum Gasteiger partial charge on any atom is -0.428 e. The van der Waals surface area contributed by atoms with Gasteiger partial charge in [0.15, 0.2) is 5.82 Å². The van der Waals surface area contributed by atoms with Crippen LogP contribution in [0.2, 0.25) is 0 Å². The average molecular weight is 517 g/mol. The molecule has 5 aromatic heterocycles. The molecule has 0 aliphatic rings. The number of hydrogen-bond acceptors (Lipinski definition) is 15. The molecular weight excluding hydrogens is 496 g/mol. The summed E-state index contributed by atoms with van der Waals surface area (Å²) in [6.45, 7) is 9.10. The minimum absolute atomic E-state index is 0.606. The summed E-state index contributed by atoms with van der Waals surface area (Å²) in [7, 11) is 0. The number of thiazole rings is 1. The lowest BCUT2D eigenvalue weighted by atomic mass is 10.3. The molecule has 0 fully saturated rings. The van der Waals surface area contributed by atoms with Gasteiger partial charge >= 0.3 is 0 Å². The minimum atomic E-state index is 0.606. The zero-order valence-corrected chi connectivity index (χ0v) is 21.3. The lowest BCUT2D eigenvalue weighted by Gasteiger charge is -1.74. The van der Waals surface area contributed by atoms with Crippen molar-refractivity contribution >= 4 is 34.2 Å². The maximum Gasteiger partial charge on any atom is 0.213 e. The van der Waals surface area contributed by atoms with Crippen LogP contribution >= 0.6 is 34.2 Å². The molecule has 0 saturated heterocycles. The van der Waals surface area contributed by atoms with Crippen molar-refractivity contribution in [2.45, 2.75) is 34.6 Å². The maximum atomic E-state index is 8.33. The highest BCUT2D eigenvalue weighted by Gasteiger charge is 1.96. The summed E-state index contributed by atoms with van der Waals surface area (Å²) in [5.74, 6) is 1.28. The Morgan fingerprint density at radius 1 is 0.853 bits per heavy atom. The van der Waals surface area contributed by atoms with Crippen LogP contribution in [0.1, 0.15) is 38.6 Å². The first kappa shape index (κ1) is 28.1. The number of nitriles is 2. The molecule has 0 spiro atoms. The van der Waals surface area contributed by atoms with E-state index in [0.717, 1.165) is 16.4 Å². The Morgan fingerprint density at radius 3 is 1.85 bits per heavy atom. The van der Waals surface area contributed by atoms with Crippen LogP contribution in [0.5, 0.6) is 0 Å². The van der Waals surface area contributed by atoms with Crippen LogP contribution in [0.15, 0.2) is 38.1 Å². The largest absolute Gasteiger partial charge is 0.428 e. The first-order chi connectivity index (χ1) is 16.4. The molecule has 34 heavy (non-hydrogen) atoms. The monoisotopic (exact) mass is 516 g/mol. The van der Waals surface area contributed by atoms with E-state index in [1.165, 1.54) is 35.7 Å². The van der Waals surface area contributed by atoms with Gasteiger partial charge in [0.25, 0.3) is 0 Å². The van der Waals surface area contributed by atoms with Crippen LogP contribution in [0.3, 0.4) is 0 Å². The van der Waals surface area contributed by atoms with Gasteiger partial charge in [0.05, 0.1) is 22.5 Å². The summed E-state index contributed by atoms with van der Waals surface area (Å²) in [5, 5.41) is 37.0. The van der Waals surface area contributed by atoms with E-state index in [1.807, 2.05) is 32.9 Å². The molecule has 5 rings (SSSR count). The van der Waals surface area contributed by atoms with Gasteiger partial charge in [-0.2, -0.15) is 19.9 Å². The SMILES string of the molecule is Cc1ncon1.Cc1ncsc1C#N.Cc1nnco1.Cc1nncs1.Cc1nscc1C#N. The zero-order chi connectivity index (χ0) is 25.2. The quantitative estimate of drug-likeness (QED) is 0.286. The van der Waals surface area contributed by atoms with Crippen molar-refractivity contribution in [2.75, 3.05) is 0 Å². The normalized spacial score (nSPS) is 8.68. The Balaban J connectivity index is 0.000000214. The van der Waals surface area contributed by atoms with Gasteiger partial charge in [-0.1, -0.05) is 5.16 Å². The van der Waals surface area contributed by atoms with Gasteiger partial charge in [0, 0.05) is 12.3 Å². The zero-order valence-electron chi connectivity index (χ0n) is 18.9. The van der Waals surface area contributed by atoms with Crippen molar-refractivity contribution in [2.24, 2.45) is 0 Å². The first-order valence-electron chi connectivity index (χ1n) is 9.17. The molecule has 0 aliphatic heterocycles. The second-order valence-corrected chi connectivity index (χ2v) is 8.22. The number of hydrogen-bond donors (Lipinski definition) is 0. The molecule has 5 aromatic rings. The topological polar surface area (TPSA) is 177 Å². The van der Waals surface area contributed by atoms with Crippen molar-refractivity contribution in [3.8, 4) is 12.1 Å². The van der Waals surface area contributed by atoms with Crippen LogP contribution in [-0.4, -0.2) is 39.9 Å². The van der Waals surface area contributed by atoms with Crippen LogP contribution in [0.25, 0.3) is 0 Å². The predicted molar refractivity (Wildman–Crippen MR) is 126 cm³/mol. The summed E-state index contributed by atoms with van der Waals surface area (Å²) in [4.78, 5) is 8.24. The molecule has 0 amide bonds. The van der Waals surface area contributed by atoms with E-state index in [-0.39, 0.29) is 0 Å². The average Bonchev–Trinajstić information content (AvgIpc) is 3.64. The molecule has 15 heteroatoms. The van der Waals surface area contributed by atoms with E-state index < -0.39 is 0 Å². The third-order valence-corrected chi connectivity index (χ3v) is 5.30. The Morgan fingerprint density at radius 2 is 1.65 bits per heavy atom. The number of nitrogens with zero attached hydrogens (tertiary/aromatic N) is 10. The second-order valence-electron chi connectivity index (χ2n) is 5.70. The fraction of sp³-hybridized carbons (Fsp3) is 0.263. The van der Waals surface area contributed by atoms with Crippen molar-refractivity contribution < 1.29 is 8.94 Å². The van der Waals surface area contributed by atoms with E-state index in [2.05, 4.69) is 48.8 Å². The van der Waals surface area contributed by atoms with Crippen molar-refractivity contribution in [1.29, 1.82) is 10.5 Å². The van der Waals surface area contributed by atoms with Gasteiger partial charge in [0.1, 0.15) is 27.5 Å². The standard InChI is InChI=1S/2C5H4N2S.2C3H4N2O.C3H4N2S/c1-4-5(2-6)8-3-7-4;1-4-5(2-6)3-8-7-4;1-3-5-4-2-6-3;1-3-4-2-6-5-3;1-3-5-4-2-6-3/h2*3H,1H3;3*2H,1H3. The molecule has 0 bridgehead atoms. The van der Waals surface area contributed by atoms with E-state index in [4.69, 9.17) is 10.5 Å². The van der Waals surface area contributed by atoms with Gasteiger partial charge in [-0.05, 0) is 39.2 Å². The van der Waals surface area contributed by atoms with E-state index in [0.29, 0.717) is 22.2 Å². The molecule has 0 saturated carbocycles. The summed E-state index contributed by atoms with van der Waals surface area (Å²) < 4.78 is 12.9. The van der Waals surface area contributed by atoms with Gasteiger partial charge in [-0.25, -0.2) is 4.98 Å². The fourth-order valence-corrected chi connectivity index (χ4v) is 3.06. The molecule has 0 atom stereocenters. The van der Waals surface area contributed by atoms with E-state index in [9.17, 15) is 0 Å². The van der Waals surface area contributed by atoms with Crippen LogP contribution in [0, 0.1) is 57.3 Å². The van der Waals surface area contributed by atoms with E-state index in [1.54, 1.807) is 41.6 Å². The number of rotatable bonds is 0. The summed E-state index contributed by atoms with van der Waals surface area (Å²) in [6.07, 6.45) is 2.60. The summed E-state index contributed by atoms with van der Waals surface area (Å²) in [5.41, 5.74) is 5.74. The Labute approximate surface area is 207 Å². The molecule has 0 aromatic carbocycles. The lowest BCUT2D eigenvalue weighted by Crippen LogP contribution is -1.71. The van der Waals surface area contributed by atoms with Gasteiger partial charge in [0.2, 0.25) is 18.7 Å². The smallest absolute Gasteiger partial charge is 0.213 e. The van der Waals surface area contributed by atoms with Crippen LogP contribution in [0.4, 0.5) is 0 Å². The summed E-state index contributed by atoms with van der Waals surface area (Å²) >= 11 is 4.25. The molecule has 176 valence electrons.